The summed E-state index contributed by atoms with van der Waals surface area (Å²) in [5.41, 5.74) is 4.79. The summed E-state index contributed by atoms with van der Waals surface area (Å²) in [6, 6.07) is 12.6. The maximum Gasteiger partial charge on any atom is 0.123 e. The van der Waals surface area contributed by atoms with Crippen LogP contribution in [0.5, 0.6) is 0 Å². The third kappa shape index (κ3) is 4.71. The first-order valence-corrected chi connectivity index (χ1v) is 8.05. The fourth-order valence-corrected chi connectivity index (χ4v) is 3.30. The molecule has 1 atom stereocenters. The number of aryl methyl sites for hydroxylation is 1. The molecular weight excluding hydrogens is 307 g/mol. The highest BCUT2D eigenvalue weighted by atomic mass is 35.5. The van der Waals surface area contributed by atoms with Crippen molar-refractivity contribution in [2.24, 2.45) is 5.84 Å². The number of benzene rings is 2. The molecule has 3 N–H and O–H groups in total. The van der Waals surface area contributed by atoms with Crippen molar-refractivity contribution < 1.29 is 4.39 Å². The van der Waals surface area contributed by atoms with Gasteiger partial charge < -0.3 is 0 Å². The Bertz CT molecular complexity index is 607. The quantitative estimate of drug-likeness (QED) is 0.480. The normalized spacial score (nSPS) is 12.4. The first kappa shape index (κ1) is 16.3. The molecule has 0 bridgehead atoms. The molecule has 21 heavy (non-hydrogen) atoms. The minimum Gasteiger partial charge on any atom is -0.271 e. The molecule has 0 radical (unpaired) electrons. The Balaban J connectivity index is 2.00. The van der Waals surface area contributed by atoms with Gasteiger partial charge in [-0.1, -0.05) is 29.8 Å². The lowest BCUT2D eigenvalue weighted by Gasteiger charge is -2.17. The van der Waals surface area contributed by atoms with E-state index in [0.717, 1.165) is 11.3 Å². The van der Waals surface area contributed by atoms with Gasteiger partial charge in [0.15, 0.2) is 0 Å². The van der Waals surface area contributed by atoms with Crippen LogP contribution in [0.15, 0.2) is 47.4 Å². The van der Waals surface area contributed by atoms with Crippen LogP contribution in [0.3, 0.4) is 0 Å². The molecule has 0 saturated carbocycles. The van der Waals surface area contributed by atoms with Crippen molar-refractivity contribution in [2.75, 3.05) is 5.75 Å². The van der Waals surface area contributed by atoms with Gasteiger partial charge in [-0.2, -0.15) is 0 Å². The van der Waals surface area contributed by atoms with E-state index in [1.807, 2.05) is 12.1 Å². The van der Waals surface area contributed by atoms with Crippen molar-refractivity contribution in [1.82, 2.24) is 5.43 Å². The van der Waals surface area contributed by atoms with Crippen LogP contribution in [0, 0.1) is 12.7 Å². The molecule has 2 rings (SSSR count). The number of thioether (sulfide) groups is 1. The number of hydrazine groups is 1. The largest absolute Gasteiger partial charge is 0.271 e. The monoisotopic (exact) mass is 324 g/mol. The molecular formula is C16H18ClFN2S. The van der Waals surface area contributed by atoms with Gasteiger partial charge in [0.1, 0.15) is 5.82 Å². The molecule has 2 aromatic rings. The molecule has 0 spiro atoms. The highest BCUT2D eigenvalue weighted by Crippen LogP contribution is 2.24. The van der Waals surface area contributed by atoms with Crippen molar-refractivity contribution in [2.45, 2.75) is 24.3 Å². The number of nitrogens with two attached hydrogens (primary N) is 1. The van der Waals surface area contributed by atoms with Crippen LogP contribution in [0.2, 0.25) is 5.02 Å². The summed E-state index contributed by atoms with van der Waals surface area (Å²) in [4.78, 5) is 1.23. The maximum atomic E-state index is 13.3. The molecule has 112 valence electrons. The Morgan fingerprint density at radius 3 is 2.76 bits per heavy atom. The lowest BCUT2D eigenvalue weighted by atomic mass is 10.1. The number of nitrogens with one attached hydrogen (secondary N) is 1. The van der Waals surface area contributed by atoms with Crippen LogP contribution >= 0.6 is 23.4 Å². The summed E-state index contributed by atoms with van der Waals surface area (Å²) in [5.74, 6) is 6.12. The molecule has 5 heteroatoms. The van der Waals surface area contributed by atoms with E-state index in [2.05, 4.69) is 24.5 Å². The third-order valence-electron chi connectivity index (χ3n) is 3.24. The minimum absolute atomic E-state index is 0.0221. The van der Waals surface area contributed by atoms with Gasteiger partial charge in [-0.15, -0.1) is 11.8 Å². The SMILES string of the molecule is Cc1ccccc1SCC(Cc1cc(F)ccc1Cl)NN. The van der Waals surface area contributed by atoms with Crippen LogP contribution in [-0.4, -0.2) is 11.8 Å². The topological polar surface area (TPSA) is 38.0 Å². The Kier molecular flexibility index (Phi) is 6.06. The van der Waals surface area contributed by atoms with Crippen LogP contribution in [-0.2, 0) is 6.42 Å². The predicted octanol–water partition coefficient (Wildman–Crippen LogP) is 3.95. The van der Waals surface area contributed by atoms with Crippen LogP contribution in [0.25, 0.3) is 0 Å². The lowest BCUT2D eigenvalue weighted by molar-refractivity contribution is 0.570. The Morgan fingerprint density at radius 1 is 1.29 bits per heavy atom. The predicted molar refractivity (Wildman–Crippen MR) is 88.1 cm³/mol. The van der Waals surface area contributed by atoms with E-state index in [1.54, 1.807) is 17.8 Å². The first-order chi connectivity index (χ1) is 10.1. The second kappa shape index (κ2) is 7.80. The second-order valence-corrected chi connectivity index (χ2v) is 6.35. The van der Waals surface area contributed by atoms with Crippen LogP contribution in [0.4, 0.5) is 4.39 Å². The number of hydrogen-bond donors (Lipinski definition) is 2. The van der Waals surface area contributed by atoms with Crippen molar-refractivity contribution in [3.8, 4) is 0 Å². The van der Waals surface area contributed by atoms with E-state index >= 15 is 0 Å². The zero-order chi connectivity index (χ0) is 15.2. The molecule has 2 nitrogen and oxygen atoms in total. The van der Waals surface area contributed by atoms with Gasteiger partial charge in [-0.3, -0.25) is 11.3 Å². The molecule has 0 aliphatic heterocycles. The molecule has 2 aromatic carbocycles. The van der Waals surface area contributed by atoms with Crippen molar-refractivity contribution >= 4 is 23.4 Å². The average molecular weight is 325 g/mol. The van der Waals surface area contributed by atoms with Crippen molar-refractivity contribution in [3.05, 3.63) is 64.4 Å². The zero-order valence-corrected chi connectivity index (χ0v) is 13.3. The average Bonchev–Trinajstić information content (AvgIpc) is 2.48. The van der Waals surface area contributed by atoms with E-state index in [4.69, 9.17) is 17.4 Å². The van der Waals surface area contributed by atoms with E-state index in [1.165, 1.54) is 22.6 Å². The Morgan fingerprint density at radius 2 is 2.05 bits per heavy atom. The summed E-state index contributed by atoms with van der Waals surface area (Å²) < 4.78 is 13.3. The standard InChI is InChI=1S/C16H18ClFN2S/c1-11-4-2-3-5-16(11)21-10-14(20-19)9-12-8-13(18)6-7-15(12)17/h2-8,14,20H,9-10,19H2,1H3. The Labute approximate surface area is 133 Å². The maximum absolute atomic E-state index is 13.3. The van der Waals surface area contributed by atoms with Gasteiger partial charge >= 0.3 is 0 Å². The molecule has 1 unspecified atom stereocenters. The number of rotatable bonds is 6. The summed E-state index contributed by atoms with van der Waals surface area (Å²) in [5, 5.41) is 0.567. The van der Waals surface area contributed by atoms with Gasteiger partial charge in [-0.25, -0.2) is 4.39 Å². The van der Waals surface area contributed by atoms with Crippen molar-refractivity contribution in [3.63, 3.8) is 0 Å². The summed E-state index contributed by atoms with van der Waals surface area (Å²) in [6.45, 7) is 2.08. The van der Waals surface area contributed by atoms with E-state index < -0.39 is 0 Å². The highest BCUT2D eigenvalue weighted by Gasteiger charge is 2.12. The lowest BCUT2D eigenvalue weighted by Crippen LogP contribution is -2.38. The van der Waals surface area contributed by atoms with Crippen LogP contribution < -0.4 is 11.3 Å². The summed E-state index contributed by atoms with van der Waals surface area (Å²) >= 11 is 7.83. The molecule has 0 aromatic heterocycles. The third-order valence-corrected chi connectivity index (χ3v) is 4.95. The van der Waals surface area contributed by atoms with Gasteiger partial charge in [0.25, 0.3) is 0 Å². The zero-order valence-electron chi connectivity index (χ0n) is 11.8. The minimum atomic E-state index is -0.281. The molecule has 0 heterocycles. The van der Waals surface area contributed by atoms with Gasteiger partial charge in [-0.05, 0) is 48.7 Å². The van der Waals surface area contributed by atoms with Crippen molar-refractivity contribution in [1.29, 1.82) is 0 Å². The summed E-state index contributed by atoms with van der Waals surface area (Å²) in [6.07, 6.45) is 0.589. The van der Waals surface area contributed by atoms with E-state index in [9.17, 15) is 4.39 Å². The number of halogens is 2. The first-order valence-electron chi connectivity index (χ1n) is 6.68. The summed E-state index contributed by atoms with van der Waals surface area (Å²) in [7, 11) is 0. The van der Waals surface area contributed by atoms with E-state index in [0.29, 0.717) is 11.4 Å². The van der Waals surface area contributed by atoms with Gasteiger partial charge in [0.05, 0.1) is 0 Å². The van der Waals surface area contributed by atoms with E-state index in [-0.39, 0.29) is 11.9 Å². The smallest absolute Gasteiger partial charge is 0.123 e. The van der Waals surface area contributed by atoms with Crippen LogP contribution in [0.1, 0.15) is 11.1 Å². The number of hydrogen-bond acceptors (Lipinski definition) is 3. The molecule has 0 aliphatic rings. The second-order valence-electron chi connectivity index (χ2n) is 4.88. The fraction of sp³-hybridized carbons (Fsp3) is 0.250. The van der Waals surface area contributed by atoms with Gasteiger partial charge in [0, 0.05) is 21.7 Å². The fourth-order valence-electron chi connectivity index (χ4n) is 2.04. The highest BCUT2D eigenvalue weighted by molar-refractivity contribution is 7.99. The molecule has 0 aliphatic carbocycles. The Hall–Kier alpha value is -1.07. The molecule has 0 fully saturated rings. The molecule has 0 amide bonds. The van der Waals surface area contributed by atoms with Gasteiger partial charge in [0.2, 0.25) is 0 Å². The molecule has 0 saturated heterocycles.